The van der Waals surface area contributed by atoms with E-state index >= 15 is 0 Å². The van der Waals surface area contributed by atoms with E-state index < -0.39 is 10.0 Å². The van der Waals surface area contributed by atoms with Gasteiger partial charge in [0.15, 0.2) is 0 Å². The summed E-state index contributed by atoms with van der Waals surface area (Å²) in [5, 5.41) is 3.70. The fourth-order valence-electron chi connectivity index (χ4n) is 5.02. The molecule has 0 unspecified atom stereocenters. The number of ether oxygens (including phenoxy) is 1. The molecule has 3 aliphatic rings. The molecule has 0 amide bonds. The molecule has 2 heterocycles. The molecule has 5 nitrogen and oxygen atoms in total. The Morgan fingerprint density at radius 3 is 2.50 bits per heavy atom. The molecule has 1 fully saturated rings. The zero-order valence-electron chi connectivity index (χ0n) is 18.6. The molecule has 1 saturated heterocycles. The van der Waals surface area contributed by atoms with Crippen LogP contribution >= 0.6 is 11.8 Å². The van der Waals surface area contributed by atoms with Gasteiger partial charge in [0.05, 0.1) is 10.9 Å². The largest absolute Gasteiger partial charge is 0.489 e. The van der Waals surface area contributed by atoms with Crippen LogP contribution in [0, 0.1) is 5.92 Å². The molecule has 6 rings (SSSR count). The van der Waals surface area contributed by atoms with E-state index in [0.717, 1.165) is 34.9 Å². The second kappa shape index (κ2) is 8.71. The normalized spacial score (nSPS) is 23.4. The smallest absolute Gasteiger partial charge is 0.261 e. The fourth-order valence-corrected chi connectivity index (χ4v) is 6.68. The SMILES string of the molecule is O=S(=O)(Nc1ccccc1)c1ccc2c(c1)[C@H]1C=CC[C@H]1[C@@H](c1ccc(OC3CSC3)cc1)N2. The second-order valence-corrected chi connectivity index (χ2v) is 11.8. The number of hydrogen-bond acceptors (Lipinski definition) is 5. The first-order valence-electron chi connectivity index (χ1n) is 11.6. The van der Waals surface area contributed by atoms with Gasteiger partial charge in [-0.3, -0.25) is 4.72 Å². The summed E-state index contributed by atoms with van der Waals surface area (Å²) in [6, 6.07) is 23.0. The first-order chi connectivity index (χ1) is 16.6. The predicted octanol–water partition coefficient (Wildman–Crippen LogP) is 5.81. The number of thioether (sulfide) groups is 1. The highest BCUT2D eigenvalue weighted by atomic mass is 32.2. The Kier molecular flexibility index (Phi) is 5.54. The van der Waals surface area contributed by atoms with Crippen molar-refractivity contribution in [2.75, 3.05) is 21.5 Å². The van der Waals surface area contributed by atoms with Gasteiger partial charge >= 0.3 is 0 Å². The Balaban J connectivity index is 1.26. The van der Waals surface area contributed by atoms with Crippen LogP contribution in [0.15, 0.2) is 89.8 Å². The minimum Gasteiger partial charge on any atom is -0.489 e. The first-order valence-corrected chi connectivity index (χ1v) is 14.2. The average Bonchev–Trinajstić information content (AvgIpc) is 3.32. The number of fused-ring (bicyclic) bond motifs is 3. The van der Waals surface area contributed by atoms with E-state index in [-0.39, 0.29) is 16.9 Å². The molecule has 34 heavy (non-hydrogen) atoms. The summed E-state index contributed by atoms with van der Waals surface area (Å²) in [6.07, 6.45) is 5.73. The Morgan fingerprint density at radius 1 is 0.971 bits per heavy atom. The highest BCUT2D eigenvalue weighted by Crippen LogP contribution is 2.50. The van der Waals surface area contributed by atoms with Crippen molar-refractivity contribution in [1.29, 1.82) is 0 Å². The van der Waals surface area contributed by atoms with Gasteiger partial charge in [0.2, 0.25) is 0 Å². The van der Waals surface area contributed by atoms with E-state index in [1.165, 1.54) is 5.56 Å². The summed E-state index contributed by atoms with van der Waals surface area (Å²) in [5.41, 5.74) is 3.80. The van der Waals surface area contributed by atoms with E-state index in [4.69, 9.17) is 4.74 Å². The van der Waals surface area contributed by atoms with E-state index in [2.05, 4.69) is 46.5 Å². The lowest BCUT2D eigenvalue weighted by Crippen LogP contribution is -2.31. The number of para-hydroxylation sites is 1. The van der Waals surface area contributed by atoms with E-state index in [1.54, 1.807) is 18.2 Å². The molecule has 7 heteroatoms. The highest BCUT2D eigenvalue weighted by molar-refractivity contribution is 8.00. The zero-order chi connectivity index (χ0) is 23.1. The number of allylic oxidation sites excluding steroid dienone is 2. The summed E-state index contributed by atoms with van der Waals surface area (Å²) in [7, 11) is -3.67. The quantitative estimate of drug-likeness (QED) is 0.427. The summed E-state index contributed by atoms with van der Waals surface area (Å²) < 4.78 is 34.8. The molecule has 1 aliphatic carbocycles. The molecule has 0 saturated carbocycles. The van der Waals surface area contributed by atoms with Crippen LogP contribution in [0.5, 0.6) is 5.75 Å². The molecule has 3 atom stereocenters. The molecule has 0 spiro atoms. The van der Waals surface area contributed by atoms with Crippen LogP contribution in [0.1, 0.15) is 29.5 Å². The maximum atomic E-state index is 13.0. The topological polar surface area (TPSA) is 67.4 Å². The number of sulfonamides is 1. The van der Waals surface area contributed by atoms with Crippen molar-refractivity contribution >= 4 is 33.2 Å². The van der Waals surface area contributed by atoms with Gasteiger partial charge in [-0.25, -0.2) is 8.42 Å². The van der Waals surface area contributed by atoms with Crippen molar-refractivity contribution in [3.8, 4) is 5.75 Å². The minimum absolute atomic E-state index is 0.158. The molecule has 174 valence electrons. The first kappa shape index (κ1) is 21.6. The lowest BCUT2D eigenvalue weighted by Gasteiger charge is -2.37. The maximum Gasteiger partial charge on any atom is 0.261 e. The summed E-state index contributed by atoms with van der Waals surface area (Å²) in [5.74, 6) is 3.57. The van der Waals surface area contributed by atoms with Gasteiger partial charge in [-0.1, -0.05) is 42.5 Å². The summed E-state index contributed by atoms with van der Waals surface area (Å²) in [6.45, 7) is 0. The maximum absolute atomic E-state index is 13.0. The van der Waals surface area contributed by atoms with Crippen LogP contribution in [0.25, 0.3) is 0 Å². The number of hydrogen-bond donors (Lipinski definition) is 2. The van der Waals surface area contributed by atoms with Gasteiger partial charge in [-0.05, 0) is 65.9 Å². The lowest BCUT2D eigenvalue weighted by molar-refractivity contribution is 0.240. The highest BCUT2D eigenvalue weighted by Gasteiger charge is 2.38. The van der Waals surface area contributed by atoms with Crippen LogP contribution in [0.2, 0.25) is 0 Å². The molecular weight excluding hydrogens is 464 g/mol. The predicted molar refractivity (Wildman–Crippen MR) is 138 cm³/mol. The van der Waals surface area contributed by atoms with Crippen LogP contribution < -0.4 is 14.8 Å². The Labute approximate surface area is 204 Å². The van der Waals surface area contributed by atoms with Crippen molar-refractivity contribution in [3.63, 3.8) is 0 Å². The van der Waals surface area contributed by atoms with Crippen molar-refractivity contribution in [3.05, 3.63) is 96.1 Å². The van der Waals surface area contributed by atoms with Crippen molar-refractivity contribution < 1.29 is 13.2 Å². The summed E-state index contributed by atoms with van der Waals surface area (Å²) >= 11 is 1.91. The molecule has 0 radical (unpaired) electrons. The van der Waals surface area contributed by atoms with Gasteiger partial charge < -0.3 is 10.1 Å². The van der Waals surface area contributed by atoms with Crippen LogP contribution in [0.4, 0.5) is 11.4 Å². The van der Waals surface area contributed by atoms with E-state index in [1.807, 2.05) is 42.1 Å². The van der Waals surface area contributed by atoms with E-state index in [0.29, 0.717) is 17.7 Å². The number of nitrogens with one attached hydrogen (secondary N) is 2. The van der Waals surface area contributed by atoms with Crippen molar-refractivity contribution in [2.24, 2.45) is 5.92 Å². The Bertz CT molecular complexity index is 1320. The zero-order valence-corrected chi connectivity index (χ0v) is 20.2. The fraction of sp³-hybridized carbons (Fsp3) is 0.259. The van der Waals surface area contributed by atoms with Gasteiger partial charge in [-0.15, -0.1) is 0 Å². The van der Waals surface area contributed by atoms with Gasteiger partial charge in [0.1, 0.15) is 11.9 Å². The molecule has 2 aliphatic heterocycles. The average molecular weight is 491 g/mol. The minimum atomic E-state index is -3.67. The van der Waals surface area contributed by atoms with Crippen molar-refractivity contribution in [1.82, 2.24) is 0 Å². The molecule has 3 aromatic carbocycles. The van der Waals surface area contributed by atoms with Crippen LogP contribution in [0.3, 0.4) is 0 Å². The van der Waals surface area contributed by atoms with Gasteiger partial charge in [0.25, 0.3) is 10.0 Å². The van der Waals surface area contributed by atoms with Crippen LogP contribution in [-0.4, -0.2) is 26.0 Å². The molecule has 0 bridgehead atoms. The Hall–Kier alpha value is -2.90. The van der Waals surface area contributed by atoms with Gasteiger partial charge in [0, 0.05) is 28.8 Å². The van der Waals surface area contributed by atoms with Crippen LogP contribution in [-0.2, 0) is 10.0 Å². The van der Waals surface area contributed by atoms with Gasteiger partial charge in [-0.2, -0.15) is 11.8 Å². The molecule has 0 aromatic heterocycles. The third kappa shape index (κ3) is 4.07. The molecule has 2 N–H and O–H groups in total. The second-order valence-electron chi connectivity index (χ2n) is 9.04. The van der Waals surface area contributed by atoms with E-state index in [9.17, 15) is 8.42 Å². The third-order valence-electron chi connectivity index (χ3n) is 6.82. The third-order valence-corrected chi connectivity index (χ3v) is 9.41. The number of benzene rings is 3. The number of rotatable bonds is 6. The standard InChI is InChI=1S/C27H26N2O3S2/c30-34(31,29-19-5-2-1-3-6-19)22-13-14-26-25(15-22)23-7-4-8-24(23)27(28-26)18-9-11-20(12-10-18)32-21-16-33-17-21/h1-7,9-15,21,23-24,27-29H,8,16-17H2/t23-,24+,27+/m0/s1. The summed E-state index contributed by atoms with van der Waals surface area (Å²) in [4.78, 5) is 0.282. The monoisotopic (exact) mass is 490 g/mol. The molecule has 3 aromatic rings. The lowest BCUT2D eigenvalue weighted by atomic mass is 9.77. The Morgan fingerprint density at radius 2 is 1.76 bits per heavy atom. The van der Waals surface area contributed by atoms with Crippen molar-refractivity contribution in [2.45, 2.75) is 29.4 Å². The molecular formula is C27H26N2O3S2. The number of anilines is 2.